The summed E-state index contributed by atoms with van der Waals surface area (Å²) in [6, 6.07) is 5.43. The standard InChI is InChI=1S/C14H23NO3S/c1-10(2)11(3)19(16,17)9-13-7-12(8-15)5-6-14(13)18-4/h5-7,10-11H,8-9,15H2,1-4H3. The quantitative estimate of drug-likeness (QED) is 0.869. The molecule has 0 radical (unpaired) electrons. The molecule has 0 spiro atoms. The smallest absolute Gasteiger partial charge is 0.157 e. The first kappa shape index (κ1) is 16.0. The minimum absolute atomic E-state index is 0.0106. The van der Waals surface area contributed by atoms with E-state index in [1.807, 2.05) is 26.0 Å². The van der Waals surface area contributed by atoms with Gasteiger partial charge in [0.1, 0.15) is 5.75 Å². The van der Waals surface area contributed by atoms with Crippen LogP contribution in [-0.4, -0.2) is 20.8 Å². The Morgan fingerprint density at radius 1 is 1.26 bits per heavy atom. The van der Waals surface area contributed by atoms with Crippen LogP contribution in [0, 0.1) is 5.92 Å². The number of benzene rings is 1. The lowest BCUT2D eigenvalue weighted by atomic mass is 10.1. The second-order valence-electron chi connectivity index (χ2n) is 5.11. The van der Waals surface area contributed by atoms with Crippen LogP contribution < -0.4 is 10.5 Å². The first-order valence-electron chi connectivity index (χ1n) is 6.39. The average molecular weight is 285 g/mol. The van der Waals surface area contributed by atoms with Gasteiger partial charge in [-0.2, -0.15) is 0 Å². The van der Waals surface area contributed by atoms with Gasteiger partial charge in [0, 0.05) is 12.1 Å². The normalized spacial score (nSPS) is 13.6. The third-order valence-corrected chi connectivity index (χ3v) is 5.83. The predicted molar refractivity (Wildman–Crippen MR) is 77.8 cm³/mol. The fraction of sp³-hybridized carbons (Fsp3) is 0.571. The summed E-state index contributed by atoms with van der Waals surface area (Å²) in [6.45, 7) is 5.96. The molecule has 0 aliphatic rings. The van der Waals surface area contributed by atoms with E-state index < -0.39 is 9.84 Å². The SMILES string of the molecule is COc1ccc(CN)cc1CS(=O)(=O)C(C)C(C)C. The summed E-state index contributed by atoms with van der Waals surface area (Å²) in [7, 11) is -1.65. The molecule has 0 aromatic heterocycles. The monoisotopic (exact) mass is 285 g/mol. The van der Waals surface area contributed by atoms with Crippen molar-refractivity contribution in [3.05, 3.63) is 29.3 Å². The molecule has 0 saturated heterocycles. The van der Waals surface area contributed by atoms with Gasteiger partial charge in [-0.05, 0) is 30.5 Å². The van der Waals surface area contributed by atoms with Crippen molar-refractivity contribution >= 4 is 9.84 Å². The Morgan fingerprint density at radius 3 is 2.37 bits per heavy atom. The first-order chi connectivity index (χ1) is 8.81. The van der Waals surface area contributed by atoms with E-state index in [2.05, 4.69) is 0 Å². The zero-order chi connectivity index (χ0) is 14.6. The number of sulfone groups is 1. The highest BCUT2D eigenvalue weighted by molar-refractivity contribution is 7.91. The van der Waals surface area contributed by atoms with E-state index in [1.165, 1.54) is 0 Å². The summed E-state index contributed by atoms with van der Waals surface area (Å²) >= 11 is 0. The van der Waals surface area contributed by atoms with Crippen molar-refractivity contribution in [1.82, 2.24) is 0 Å². The fourth-order valence-electron chi connectivity index (χ4n) is 1.83. The summed E-state index contributed by atoms with van der Waals surface area (Å²) in [5, 5.41) is -0.376. The van der Waals surface area contributed by atoms with Crippen LogP contribution in [0.25, 0.3) is 0 Å². The summed E-state index contributed by atoms with van der Waals surface area (Å²) in [6.07, 6.45) is 0. The highest BCUT2D eigenvalue weighted by Gasteiger charge is 2.25. The Bertz CT molecular complexity index is 523. The molecule has 0 amide bonds. The number of methoxy groups -OCH3 is 1. The molecule has 1 atom stereocenters. The Hall–Kier alpha value is -1.07. The lowest BCUT2D eigenvalue weighted by molar-refractivity contribution is 0.410. The lowest BCUT2D eigenvalue weighted by Gasteiger charge is -2.18. The van der Waals surface area contributed by atoms with Gasteiger partial charge in [-0.3, -0.25) is 0 Å². The maximum atomic E-state index is 12.3. The topological polar surface area (TPSA) is 69.4 Å². The zero-order valence-corrected chi connectivity index (χ0v) is 12.8. The molecule has 2 N–H and O–H groups in total. The largest absolute Gasteiger partial charge is 0.496 e. The van der Waals surface area contributed by atoms with Crippen LogP contribution in [0.2, 0.25) is 0 Å². The molecule has 5 heteroatoms. The van der Waals surface area contributed by atoms with Crippen LogP contribution in [0.3, 0.4) is 0 Å². The van der Waals surface area contributed by atoms with Gasteiger partial charge in [0.05, 0.1) is 18.1 Å². The van der Waals surface area contributed by atoms with Crippen molar-refractivity contribution in [2.24, 2.45) is 11.7 Å². The minimum atomic E-state index is -3.19. The molecular weight excluding hydrogens is 262 g/mol. The second kappa shape index (κ2) is 6.39. The Kier molecular flexibility index (Phi) is 5.38. The molecule has 1 unspecified atom stereocenters. The van der Waals surface area contributed by atoms with Crippen LogP contribution in [0.5, 0.6) is 5.75 Å². The molecule has 0 fully saturated rings. The number of ether oxygens (including phenoxy) is 1. The molecule has 19 heavy (non-hydrogen) atoms. The molecule has 0 aliphatic carbocycles. The van der Waals surface area contributed by atoms with Crippen LogP contribution in [0.15, 0.2) is 18.2 Å². The van der Waals surface area contributed by atoms with E-state index in [9.17, 15) is 8.42 Å². The number of hydrogen-bond acceptors (Lipinski definition) is 4. The molecule has 1 rings (SSSR count). The van der Waals surface area contributed by atoms with Gasteiger partial charge < -0.3 is 10.5 Å². The first-order valence-corrected chi connectivity index (χ1v) is 8.10. The molecule has 1 aromatic carbocycles. The van der Waals surface area contributed by atoms with Gasteiger partial charge in [-0.25, -0.2) is 8.42 Å². The lowest BCUT2D eigenvalue weighted by Crippen LogP contribution is -2.25. The maximum absolute atomic E-state index is 12.3. The van der Waals surface area contributed by atoms with Gasteiger partial charge in [0.25, 0.3) is 0 Å². The van der Waals surface area contributed by atoms with Crippen LogP contribution in [0.1, 0.15) is 31.9 Å². The van der Waals surface area contributed by atoms with E-state index in [0.717, 1.165) is 5.56 Å². The predicted octanol–water partition coefficient (Wildman–Crippen LogP) is 2.11. The molecular formula is C14H23NO3S. The van der Waals surface area contributed by atoms with Gasteiger partial charge >= 0.3 is 0 Å². The highest BCUT2D eigenvalue weighted by Crippen LogP contribution is 2.25. The van der Waals surface area contributed by atoms with Crippen LogP contribution >= 0.6 is 0 Å². The summed E-state index contributed by atoms with van der Waals surface area (Å²) in [4.78, 5) is 0. The number of hydrogen-bond donors (Lipinski definition) is 1. The highest BCUT2D eigenvalue weighted by atomic mass is 32.2. The van der Waals surface area contributed by atoms with Gasteiger partial charge in [-0.1, -0.05) is 19.9 Å². The molecule has 0 bridgehead atoms. The van der Waals surface area contributed by atoms with Gasteiger partial charge in [0.2, 0.25) is 0 Å². The van der Waals surface area contributed by atoms with E-state index in [0.29, 0.717) is 17.9 Å². The molecule has 4 nitrogen and oxygen atoms in total. The third-order valence-electron chi connectivity index (χ3n) is 3.44. The van der Waals surface area contributed by atoms with Crippen molar-refractivity contribution in [3.63, 3.8) is 0 Å². The van der Waals surface area contributed by atoms with E-state index in [1.54, 1.807) is 20.1 Å². The maximum Gasteiger partial charge on any atom is 0.157 e. The fourth-order valence-corrected chi connectivity index (χ4v) is 3.59. The number of nitrogens with two attached hydrogens (primary N) is 1. The van der Waals surface area contributed by atoms with Crippen LogP contribution in [0.4, 0.5) is 0 Å². The average Bonchev–Trinajstić information content (AvgIpc) is 2.37. The summed E-state index contributed by atoms with van der Waals surface area (Å²) in [5.74, 6) is 0.675. The van der Waals surface area contributed by atoms with E-state index in [4.69, 9.17) is 10.5 Å². The molecule has 108 valence electrons. The van der Waals surface area contributed by atoms with Gasteiger partial charge in [-0.15, -0.1) is 0 Å². The van der Waals surface area contributed by atoms with Gasteiger partial charge in [0.15, 0.2) is 9.84 Å². The zero-order valence-electron chi connectivity index (χ0n) is 12.0. The molecule has 0 saturated carbocycles. The van der Waals surface area contributed by atoms with Crippen LogP contribution in [-0.2, 0) is 22.1 Å². The van der Waals surface area contributed by atoms with Crippen molar-refractivity contribution in [1.29, 1.82) is 0 Å². The Labute approximate surface area is 115 Å². The van der Waals surface area contributed by atoms with Crippen molar-refractivity contribution in [2.75, 3.05) is 7.11 Å². The molecule has 1 aromatic rings. The number of rotatable bonds is 6. The molecule has 0 heterocycles. The Balaban J connectivity index is 3.10. The minimum Gasteiger partial charge on any atom is -0.496 e. The third kappa shape index (κ3) is 3.94. The van der Waals surface area contributed by atoms with Crippen molar-refractivity contribution in [2.45, 2.75) is 38.3 Å². The van der Waals surface area contributed by atoms with Crippen molar-refractivity contribution in [3.8, 4) is 5.75 Å². The second-order valence-corrected chi connectivity index (χ2v) is 7.46. The van der Waals surface area contributed by atoms with E-state index in [-0.39, 0.29) is 16.9 Å². The Morgan fingerprint density at radius 2 is 1.89 bits per heavy atom. The summed E-state index contributed by atoms with van der Waals surface area (Å²) < 4.78 is 29.9. The van der Waals surface area contributed by atoms with E-state index >= 15 is 0 Å². The van der Waals surface area contributed by atoms with Crippen molar-refractivity contribution < 1.29 is 13.2 Å². The summed E-state index contributed by atoms with van der Waals surface area (Å²) in [5.41, 5.74) is 7.18. The molecule has 0 aliphatic heterocycles.